The first-order valence-corrected chi connectivity index (χ1v) is 9.98. The van der Waals surface area contributed by atoms with Gasteiger partial charge in [0, 0.05) is 22.4 Å². The summed E-state index contributed by atoms with van der Waals surface area (Å²) in [5.41, 5.74) is 2.96. The number of halogens is 2. The summed E-state index contributed by atoms with van der Waals surface area (Å²) in [5.74, 6) is 0.632. The average Bonchev–Trinajstić information content (AvgIpc) is 3.11. The highest BCUT2D eigenvalue weighted by Crippen LogP contribution is 2.30. The molecule has 0 saturated heterocycles. The molecular formula is C21H17BrClN3O2. The van der Waals surface area contributed by atoms with E-state index in [2.05, 4.69) is 21.0 Å². The van der Waals surface area contributed by atoms with Crippen molar-refractivity contribution in [2.45, 2.75) is 13.5 Å². The molecule has 2 heterocycles. The molecule has 0 N–H and O–H groups in total. The Balaban J connectivity index is 1.71. The van der Waals surface area contributed by atoms with Crippen LogP contribution in [0.2, 0.25) is 5.02 Å². The van der Waals surface area contributed by atoms with Crippen LogP contribution in [0.4, 0.5) is 0 Å². The third kappa shape index (κ3) is 3.70. The van der Waals surface area contributed by atoms with E-state index in [1.54, 1.807) is 33.6 Å². The van der Waals surface area contributed by atoms with E-state index in [1.165, 1.54) is 0 Å². The predicted molar refractivity (Wildman–Crippen MR) is 114 cm³/mol. The second kappa shape index (κ2) is 7.81. The lowest BCUT2D eigenvalue weighted by atomic mass is 10.1. The second-order valence-corrected chi connectivity index (χ2v) is 7.62. The van der Waals surface area contributed by atoms with Crippen LogP contribution in [0.25, 0.3) is 16.8 Å². The van der Waals surface area contributed by atoms with Crippen LogP contribution in [0.5, 0.6) is 5.75 Å². The standard InChI is InChI=1S/C21H17BrClN3O2/c1-2-28-20-7-6-15(11-17(20)23)18-12-19-21(27)25(8-9-26(19)24-18)13-14-4-3-5-16(22)10-14/h3-12H,2,13H2,1H3. The lowest BCUT2D eigenvalue weighted by Crippen LogP contribution is -2.21. The number of hydrogen-bond acceptors (Lipinski definition) is 3. The molecular weight excluding hydrogens is 442 g/mol. The van der Waals surface area contributed by atoms with E-state index >= 15 is 0 Å². The third-order valence-electron chi connectivity index (χ3n) is 4.37. The molecule has 0 fully saturated rings. The fourth-order valence-electron chi connectivity index (χ4n) is 3.06. The van der Waals surface area contributed by atoms with E-state index in [0.29, 0.717) is 35.1 Å². The van der Waals surface area contributed by atoms with Gasteiger partial charge in [-0.05, 0) is 48.9 Å². The largest absolute Gasteiger partial charge is 0.492 e. The van der Waals surface area contributed by atoms with Crippen LogP contribution < -0.4 is 10.3 Å². The Kier molecular flexibility index (Phi) is 5.24. The van der Waals surface area contributed by atoms with E-state index in [-0.39, 0.29) is 5.56 Å². The quantitative estimate of drug-likeness (QED) is 0.422. The van der Waals surface area contributed by atoms with Gasteiger partial charge in [0.15, 0.2) is 0 Å². The number of rotatable bonds is 5. The molecule has 0 radical (unpaired) electrons. The average molecular weight is 459 g/mol. The molecule has 142 valence electrons. The Hall–Kier alpha value is -2.57. The Morgan fingerprint density at radius 2 is 2.00 bits per heavy atom. The zero-order valence-electron chi connectivity index (χ0n) is 15.1. The smallest absolute Gasteiger partial charge is 0.276 e. The fraction of sp³-hybridized carbons (Fsp3) is 0.143. The van der Waals surface area contributed by atoms with Crippen molar-refractivity contribution in [1.82, 2.24) is 14.2 Å². The maximum atomic E-state index is 12.9. The van der Waals surface area contributed by atoms with E-state index in [1.807, 2.05) is 43.3 Å². The molecule has 0 spiro atoms. The molecule has 28 heavy (non-hydrogen) atoms. The molecule has 0 amide bonds. The summed E-state index contributed by atoms with van der Waals surface area (Å²) in [6.45, 7) is 2.95. The summed E-state index contributed by atoms with van der Waals surface area (Å²) in [5, 5.41) is 5.04. The lowest BCUT2D eigenvalue weighted by molar-refractivity contribution is 0.340. The first-order valence-electron chi connectivity index (χ1n) is 8.81. The molecule has 4 rings (SSSR count). The van der Waals surface area contributed by atoms with Gasteiger partial charge in [-0.25, -0.2) is 4.52 Å². The van der Waals surface area contributed by atoms with Crippen LogP contribution in [-0.2, 0) is 6.54 Å². The maximum Gasteiger partial charge on any atom is 0.276 e. The minimum absolute atomic E-state index is 0.0988. The molecule has 0 bridgehead atoms. The number of fused-ring (bicyclic) bond motifs is 1. The topological polar surface area (TPSA) is 48.5 Å². The fourth-order valence-corrected chi connectivity index (χ4v) is 3.74. The molecule has 0 unspecified atom stereocenters. The minimum atomic E-state index is -0.0988. The molecule has 0 aliphatic rings. The molecule has 0 atom stereocenters. The second-order valence-electron chi connectivity index (χ2n) is 6.30. The van der Waals surface area contributed by atoms with Crippen molar-refractivity contribution in [3.8, 4) is 17.0 Å². The van der Waals surface area contributed by atoms with Gasteiger partial charge < -0.3 is 9.30 Å². The van der Waals surface area contributed by atoms with Gasteiger partial charge >= 0.3 is 0 Å². The molecule has 0 aliphatic heterocycles. The van der Waals surface area contributed by atoms with Gasteiger partial charge in [-0.3, -0.25) is 4.79 Å². The van der Waals surface area contributed by atoms with Crippen LogP contribution in [0.15, 0.2) is 70.2 Å². The first kappa shape index (κ1) is 18.8. The number of aromatic nitrogens is 3. The van der Waals surface area contributed by atoms with Crippen LogP contribution in [0.3, 0.4) is 0 Å². The van der Waals surface area contributed by atoms with E-state index in [9.17, 15) is 4.79 Å². The summed E-state index contributed by atoms with van der Waals surface area (Å²) < 4.78 is 9.73. The monoisotopic (exact) mass is 457 g/mol. The first-order chi connectivity index (χ1) is 13.5. The lowest BCUT2D eigenvalue weighted by Gasteiger charge is -2.06. The number of nitrogens with zero attached hydrogens (tertiary/aromatic N) is 3. The summed E-state index contributed by atoms with van der Waals surface area (Å²) in [4.78, 5) is 12.9. The highest BCUT2D eigenvalue weighted by atomic mass is 79.9. The normalized spacial score (nSPS) is 11.1. The van der Waals surface area contributed by atoms with Crippen molar-refractivity contribution in [2.24, 2.45) is 0 Å². The predicted octanol–water partition coefficient (Wildman–Crippen LogP) is 5.03. The summed E-state index contributed by atoms with van der Waals surface area (Å²) in [6.07, 6.45) is 3.53. The number of hydrogen-bond donors (Lipinski definition) is 0. The van der Waals surface area contributed by atoms with E-state index < -0.39 is 0 Å². The maximum absolute atomic E-state index is 12.9. The van der Waals surface area contributed by atoms with Crippen LogP contribution >= 0.6 is 27.5 Å². The van der Waals surface area contributed by atoms with E-state index in [0.717, 1.165) is 15.6 Å². The van der Waals surface area contributed by atoms with Crippen molar-refractivity contribution in [3.05, 3.63) is 86.3 Å². The minimum Gasteiger partial charge on any atom is -0.492 e. The molecule has 2 aromatic heterocycles. The Morgan fingerprint density at radius 1 is 1.14 bits per heavy atom. The Morgan fingerprint density at radius 3 is 2.75 bits per heavy atom. The zero-order chi connectivity index (χ0) is 19.7. The van der Waals surface area contributed by atoms with Crippen molar-refractivity contribution >= 4 is 33.0 Å². The highest BCUT2D eigenvalue weighted by molar-refractivity contribution is 9.10. The highest BCUT2D eigenvalue weighted by Gasteiger charge is 2.11. The molecule has 0 aliphatic carbocycles. The van der Waals surface area contributed by atoms with Gasteiger partial charge in [0.2, 0.25) is 0 Å². The van der Waals surface area contributed by atoms with Gasteiger partial charge in [0.25, 0.3) is 5.56 Å². The molecule has 7 heteroatoms. The van der Waals surface area contributed by atoms with E-state index in [4.69, 9.17) is 16.3 Å². The molecule has 2 aromatic carbocycles. The van der Waals surface area contributed by atoms with Crippen molar-refractivity contribution in [1.29, 1.82) is 0 Å². The van der Waals surface area contributed by atoms with Crippen LogP contribution in [0, 0.1) is 0 Å². The molecule has 0 saturated carbocycles. The van der Waals surface area contributed by atoms with Gasteiger partial charge in [0.1, 0.15) is 11.3 Å². The summed E-state index contributed by atoms with van der Waals surface area (Å²) >= 11 is 9.75. The number of ether oxygens (including phenoxy) is 1. The van der Waals surface area contributed by atoms with Gasteiger partial charge in [-0.1, -0.05) is 39.7 Å². The third-order valence-corrected chi connectivity index (χ3v) is 5.16. The summed E-state index contributed by atoms with van der Waals surface area (Å²) in [7, 11) is 0. The number of benzene rings is 2. The Labute approximate surface area is 175 Å². The van der Waals surface area contributed by atoms with Crippen molar-refractivity contribution < 1.29 is 4.74 Å². The van der Waals surface area contributed by atoms with Crippen LogP contribution in [0.1, 0.15) is 12.5 Å². The zero-order valence-corrected chi connectivity index (χ0v) is 17.4. The van der Waals surface area contributed by atoms with Crippen molar-refractivity contribution in [3.63, 3.8) is 0 Å². The van der Waals surface area contributed by atoms with Gasteiger partial charge in [-0.2, -0.15) is 5.10 Å². The molecule has 4 aromatic rings. The van der Waals surface area contributed by atoms with Crippen molar-refractivity contribution in [2.75, 3.05) is 6.61 Å². The van der Waals surface area contributed by atoms with Gasteiger partial charge in [0.05, 0.1) is 23.9 Å². The summed E-state index contributed by atoms with van der Waals surface area (Å²) in [6, 6.07) is 15.2. The Bertz CT molecular complexity index is 1220. The van der Waals surface area contributed by atoms with Crippen LogP contribution in [-0.4, -0.2) is 20.8 Å². The molecule has 5 nitrogen and oxygen atoms in total. The van der Waals surface area contributed by atoms with Gasteiger partial charge in [-0.15, -0.1) is 0 Å². The SMILES string of the molecule is CCOc1ccc(-c2cc3c(=O)n(Cc4cccc(Br)c4)ccn3n2)cc1Cl.